The molecule has 48 valence electrons. The van der Waals surface area contributed by atoms with Crippen molar-refractivity contribution in [3.05, 3.63) is 17.8 Å². The van der Waals surface area contributed by atoms with Crippen molar-refractivity contribution in [2.45, 2.75) is 6.92 Å². The SMILES string of the molecule is CC=Cc1cc(N)n[nH]1. The average molecular weight is 123 g/mol. The molecule has 0 bridgehead atoms. The first-order valence-corrected chi connectivity index (χ1v) is 2.76. The zero-order valence-electron chi connectivity index (χ0n) is 5.26. The van der Waals surface area contributed by atoms with E-state index < -0.39 is 0 Å². The van der Waals surface area contributed by atoms with Gasteiger partial charge < -0.3 is 5.73 Å². The van der Waals surface area contributed by atoms with Crippen LogP contribution in [0.2, 0.25) is 0 Å². The number of aromatic nitrogens is 2. The van der Waals surface area contributed by atoms with Gasteiger partial charge in [0.25, 0.3) is 0 Å². The van der Waals surface area contributed by atoms with Gasteiger partial charge in [0.05, 0.1) is 5.69 Å². The fourth-order valence-electron chi connectivity index (χ4n) is 0.618. The van der Waals surface area contributed by atoms with Crippen molar-refractivity contribution in [3.8, 4) is 0 Å². The Bertz CT molecular complexity index is 212. The third-order valence-corrected chi connectivity index (χ3v) is 0.964. The van der Waals surface area contributed by atoms with Crippen molar-refractivity contribution in [1.82, 2.24) is 10.2 Å². The van der Waals surface area contributed by atoms with Crippen LogP contribution in [0.25, 0.3) is 6.08 Å². The Morgan fingerprint density at radius 2 is 2.56 bits per heavy atom. The fraction of sp³-hybridized carbons (Fsp3) is 0.167. The summed E-state index contributed by atoms with van der Waals surface area (Å²) in [6.07, 6.45) is 3.83. The van der Waals surface area contributed by atoms with Crippen molar-refractivity contribution < 1.29 is 0 Å². The highest BCUT2D eigenvalue weighted by Crippen LogP contribution is 2.01. The summed E-state index contributed by atoms with van der Waals surface area (Å²) in [6, 6.07) is 1.78. The molecule has 0 atom stereocenters. The maximum atomic E-state index is 5.33. The van der Waals surface area contributed by atoms with E-state index in [-0.39, 0.29) is 0 Å². The lowest BCUT2D eigenvalue weighted by atomic mass is 10.4. The number of aromatic amines is 1. The second-order valence-electron chi connectivity index (χ2n) is 1.75. The maximum Gasteiger partial charge on any atom is 0.145 e. The van der Waals surface area contributed by atoms with Crippen molar-refractivity contribution in [1.29, 1.82) is 0 Å². The van der Waals surface area contributed by atoms with Crippen LogP contribution < -0.4 is 5.73 Å². The van der Waals surface area contributed by atoms with Crippen LogP contribution in [0.3, 0.4) is 0 Å². The van der Waals surface area contributed by atoms with Crippen LogP contribution in [0.1, 0.15) is 12.6 Å². The number of nitrogen functional groups attached to an aromatic ring is 1. The zero-order valence-corrected chi connectivity index (χ0v) is 5.26. The Balaban J connectivity index is 2.85. The van der Waals surface area contributed by atoms with Crippen LogP contribution in [-0.4, -0.2) is 10.2 Å². The molecular formula is C6H9N3. The first kappa shape index (κ1) is 5.88. The molecule has 0 spiro atoms. The zero-order chi connectivity index (χ0) is 6.69. The minimum atomic E-state index is 0.531. The van der Waals surface area contributed by atoms with Crippen molar-refractivity contribution >= 4 is 11.9 Å². The van der Waals surface area contributed by atoms with Gasteiger partial charge in [-0.2, -0.15) is 5.10 Å². The predicted octanol–water partition coefficient (Wildman–Crippen LogP) is 1.02. The minimum absolute atomic E-state index is 0.531. The molecule has 3 nitrogen and oxygen atoms in total. The lowest BCUT2D eigenvalue weighted by Gasteiger charge is -1.76. The highest BCUT2D eigenvalue weighted by Gasteiger charge is 1.88. The van der Waals surface area contributed by atoms with Crippen LogP contribution in [0, 0.1) is 0 Å². The Morgan fingerprint density at radius 3 is 3.00 bits per heavy atom. The molecule has 0 fully saturated rings. The van der Waals surface area contributed by atoms with E-state index in [4.69, 9.17) is 5.73 Å². The summed E-state index contributed by atoms with van der Waals surface area (Å²) in [5.74, 6) is 0.531. The van der Waals surface area contributed by atoms with Gasteiger partial charge in [0.15, 0.2) is 0 Å². The van der Waals surface area contributed by atoms with Gasteiger partial charge in [-0.1, -0.05) is 6.08 Å². The van der Waals surface area contributed by atoms with Gasteiger partial charge in [0.1, 0.15) is 5.82 Å². The quantitative estimate of drug-likeness (QED) is 0.585. The summed E-state index contributed by atoms with van der Waals surface area (Å²) in [7, 11) is 0. The number of hydrogen-bond acceptors (Lipinski definition) is 2. The van der Waals surface area contributed by atoms with Crippen LogP contribution in [-0.2, 0) is 0 Å². The molecule has 0 aliphatic carbocycles. The molecule has 0 radical (unpaired) electrons. The molecule has 0 aromatic carbocycles. The molecule has 0 saturated heterocycles. The third kappa shape index (κ3) is 1.32. The fourth-order valence-corrected chi connectivity index (χ4v) is 0.618. The number of nitrogens with zero attached hydrogens (tertiary/aromatic N) is 1. The van der Waals surface area contributed by atoms with E-state index >= 15 is 0 Å². The Morgan fingerprint density at radius 1 is 1.78 bits per heavy atom. The Hall–Kier alpha value is -1.25. The lowest BCUT2D eigenvalue weighted by molar-refractivity contribution is 1.09. The van der Waals surface area contributed by atoms with E-state index in [2.05, 4.69) is 10.2 Å². The molecule has 1 heterocycles. The highest BCUT2D eigenvalue weighted by molar-refractivity contribution is 5.48. The van der Waals surface area contributed by atoms with Crippen molar-refractivity contribution in [3.63, 3.8) is 0 Å². The molecule has 0 aliphatic rings. The highest BCUT2D eigenvalue weighted by atomic mass is 15.1. The molecule has 0 aliphatic heterocycles. The standard InChI is InChI=1S/C6H9N3/c1-2-3-5-4-6(7)9-8-5/h2-4H,1H3,(H3,7,8,9). The molecule has 1 aromatic heterocycles. The van der Waals surface area contributed by atoms with Gasteiger partial charge in [-0.25, -0.2) is 0 Å². The van der Waals surface area contributed by atoms with Gasteiger partial charge >= 0.3 is 0 Å². The monoisotopic (exact) mass is 123 g/mol. The molecule has 0 unspecified atom stereocenters. The van der Waals surface area contributed by atoms with Crippen LogP contribution in [0.15, 0.2) is 12.1 Å². The van der Waals surface area contributed by atoms with Crippen molar-refractivity contribution in [2.24, 2.45) is 0 Å². The molecule has 0 saturated carbocycles. The maximum absolute atomic E-state index is 5.33. The van der Waals surface area contributed by atoms with E-state index in [1.165, 1.54) is 0 Å². The van der Waals surface area contributed by atoms with Crippen LogP contribution in [0.4, 0.5) is 5.82 Å². The number of allylic oxidation sites excluding steroid dienone is 1. The summed E-state index contributed by atoms with van der Waals surface area (Å²) in [6.45, 7) is 1.94. The van der Waals surface area contributed by atoms with E-state index in [0.29, 0.717) is 5.82 Å². The summed E-state index contributed by atoms with van der Waals surface area (Å²) in [5, 5.41) is 6.48. The third-order valence-electron chi connectivity index (χ3n) is 0.964. The lowest BCUT2D eigenvalue weighted by Crippen LogP contribution is -1.81. The van der Waals surface area contributed by atoms with Gasteiger partial charge in [-0.3, -0.25) is 5.10 Å². The molecule has 3 N–H and O–H groups in total. The van der Waals surface area contributed by atoms with E-state index in [9.17, 15) is 0 Å². The first-order chi connectivity index (χ1) is 4.33. The summed E-state index contributed by atoms with van der Waals surface area (Å²) in [4.78, 5) is 0. The number of hydrogen-bond donors (Lipinski definition) is 2. The molecule has 1 aromatic rings. The smallest absolute Gasteiger partial charge is 0.145 e. The number of nitrogens with one attached hydrogen (secondary N) is 1. The largest absolute Gasteiger partial charge is 0.382 e. The summed E-state index contributed by atoms with van der Waals surface area (Å²) in [5.41, 5.74) is 6.27. The van der Waals surface area contributed by atoms with Gasteiger partial charge in [0.2, 0.25) is 0 Å². The molecule has 3 heteroatoms. The second kappa shape index (κ2) is 2.35. The Labute approximate surface area is 53.6 Å². The Kier molecular flexibility index (Phi) is 1.53. The number of nitrogens with two attached hydrogens (primary N) is 1. The summed E-state index contributed by atoms with van der Waals surface area (Å²) >= 11 is 0. The van der Waals surface area contributed by atoms with Crippen molar-refractivity contribution in [2.75, 3.05) is 5.73 Å². The van der Waals surface area contributed by atoms with E-state index in [0.717, 1.165) is 5.69 Å². The average Bonchev–Trinajstić information content (AvgIpc) is 2.17. The van der Waals surface area contributed by atoms with E-state index in [1.54, 1.807) is 6.07 Å². The molecule has 0 amide bonds. The topological polar surface area (TPSA) is 54.7 Å². The molecule has 9 heavy (non-hydrogen) atoms. The van der Waals surface area contributed by atoms with Crippen LogP contribution in [0.5, 0.6) is 0 Å². The van der Waals surface area contributed by atoms with E-state index in [1.807, 2.05) is 19.1 Å². The number of rotatable bonds is 1. The number of anilines is 1. The molecular weight excluding hydrogens is 114 g/mol. The minimum Gasteiger partial charge on any atom is -0.382 e. The van der Waals surface area contributed by atoms with Crippen LogP contribution >= 0.6 is 0 Å². The molecule has 1 rings (SSSR count). The first-order valence-electron chi connectivity index (χ1n) is 2.76. The van der Waals surface area contributed by atoms with Gasteiger partial charge in [0, 0.05) is 6.07 Å². The number of H-pyrrole nitrogens is 1. The van der Waals surface area contributed by atoms with Gasteiger partial charge in [-0.05, 0) is 13.0 Å². The predicted molar refractivity (Wildman–Crippen MR) is 37.7 cm³/mol. The summed E-state index contributed by atoms with van der Waals surface area (Å²) < 4.78 is 0. The van der Waals surface area contributed by atoms with Gasteiger partial charge in [-0.15, -0.1) is 0 Å². The second-order valence-corrected chi connectivity index (χ2v) is 1.75. The normalized spacial score (nSPS) is 10.8.